The molecule has 0 aliphatic heterocycles. The average molecular weight is 274 g/mol. The van der Waals surface area contributed by atoms with Crippen molar-refractivity contribution < 1.29 is 27.6 Å². The smallest absolute Gasteiger partial charge is 0.370 e. The van der Waals surface area contributed by atoms with Gasteiger partial charge in [-0.2, -0.15) is 0 Å². The molecule has 0 rings (SSSR count). The molecule has 0 unspecified atom stereocenters. The van der Waals surface area contributed by atoms with Crippen molar-refractivity contribution in [2.75, 3.05) is 27.5 Å². The second-order valence-corrected chi connectivity index (χ2v) is 9.72. The molecule has 6 nitrogen and oxygen atoms in total. The van der Waals surface area contributed by atoms with Crippen molar-refractivity contribution >= 4 is 29.6 Å². The summed E-state index contributed by atoms with van der Waals surface area (Å²) in [7, 11) is -1.40. The van der Waals surface area contributed by atoms with Crippen LogP contribution in [-0.4, -0.2) is 51.5 Å². The molecule has 0 radical (unpaired) electrons. The summed E-state index contributed by atoms with van der Waals surface area (Å²) in [5.41, 5.74) is 0. The van der Waals surface area contributed by atoms with Gasteiger partial charge in [0, 0.05) is 21.3 Å². The standard InChI is InChI=1S/C6H16O6P2Si/c1-10-15(11-2,12-3)13-5-4-6-14(7,8)9/h5H,4,6H2,1-3H3,(H2,7,8,9). The van der Waals surface area contributed by atoms with E-state index in [1.54, 1.807) is 5.80 Å². The van der Waals surface area contributed by atoms with Crippen LogP contribution < -0.4 is 0 Å². The first kappa shape index (κ1) is 15.4. The van der Waals surface area contributed by atoms with Crippen LogP contribution in [0.4, 0.5) is 0 Å². The molecule has 0 saturated heterocycles. The van der Waals surface area contributed by atoms with Crippen LogP contribution in [0.3, 0.4) is 0 Å². The zero-order valence-corrected chi connectivity index (χ0v) is 11.7. The van der Waals surface area contributed by atoms with Gasteiger partial charge in [-0.25, -0.2) is 0 Å². The van der Waals surface area contributed by atoms with E-state index in [0.29, 0.717) is 14.2 Å². The van der Waals surface area contributed by atoms with E-state index < -0.39 is 16.1 Å². The Morgan fingerprint density at radius 2 is 1.73 bits per heavy atom. The van der Waals surface area contributed by atoms with E-state index in [1.807, 2.05) is 0 Å². The highest BCUT2D eigenvalue weighted by atomic mass is 31.3. The fraction of sp³-hybridized carbons (Fsp3) is 0.833. The summed E-state index contributed by atoms with van der Waals surface area (Å²) in [6, 6.07) is 0. The third-order valence-corrected chi connectivity index (χ3v) is 7.86. The Morgan fingerprint density at radius 1 is 1.27 bits per heavy atom. The second kappa shape index (κ2) is 6.88. The number of rotatable bonds is 7. The van der Waals surface area contributed by atoms with Crippen molar-refractivity contribution in [3.8, 4) is 0 Å². The van der Waals surface area contributed by atoms with Gasteiger partial charge in [0.05, 0.1) is 6.16 Å². The Labute approximate surface area is 91.7 Å². The van der Waals surface area contributed by atoms with E-state index in [-0.39, 0.29) is 6.16 Å². The maximum absolute atomic E-state index is 10.6. The third kappa shape index (κ3) is 6.55. The normalized spacial score (nSPS) is 13.7. The molecule has 9 heteroatoms. The zero-order chi connectivity index (χ0) is 11.9. The molecule has 0 aliphatic carbocycles. The van der Waals surface area contributed by atoms with Crippen molar-refractivity contribution in [1.29, 1.82) is 0 Å². The number of hydrogen-bond acceptors (Lipinski definition) is 4. The van der Waals surface area contributed by atoms with E-state index in [9.17, 15) is 4.57 Å². The first-order chi connectivity index (χ1) is 6.89. The molecule has 0 amide bonds. The fourth-order valence-electron chi connectivity index (χ4n) is 0.810. The maximum atomic E-state index is 10.6. The lowest BCUT2D eigenvalue weighted by Crippen LogP contribution is -2.36. The van der Waals surface area contributed by atoms with Gasteiger partial charge in [-0.1, -0.05) is 5.80 Å². The molecular weight excluding hydrogens is 258 g/mol. The summed E-state index contributed by atoms with van der Waals surface area (Å²) in [6.07, 6.45) is 0.137. The Morgan fingerprint density at radius 3 is 2.07 bits per heavy atom. The summed E-state index contributed by atoms with van der Waals surface area (Å²) < 4.78 is 25.9. The molecule has 0 aliphatic rings. The monoisotopic (exact) mass is 274 g/mol. The predicted molar refractivity (Wildman–Crippen MR) is 61.3 cm³/mol. The molecule has 15 heavy (non-hydrogen) atoms. The summed E-state index contributed by atoms with van der Waals surface area (Å²) >= 11 is 0. The van der Waals surface area contributed by atoms with Crippen LogP contribution in [0.5, 0.6) is 0 Å². The Kier molecular flexibility index (Phi) is 7.07. The van der Waals surface area contributed by atoms with E-state index in [2.05, 4.69) is 0 Å². The van der Waals surface area contributed by atoms with Gasteiger partial charge in [0.25, 0.3) is 0 Å². The summed E-state index contributed by atoms with van der Waals surface area (Å²) in [5.74, 6) is 1.70. The van der Waals surface area contributed by atoms with E-state index >= 15 is 0 Å². The minimum absolute atomic E-state index is 0.165. The molecule has 0 saturated carbocycles. The first-order valence-electron chi connectivity index (χ1n) is 4.13. The van der Waals surface area contributed by atoms with Crippen molar-refractivity contribution in [3.63, 3.8) is 0 Å². The lowest BCUT2D eigenvalue weighted by molar-refractivity contribution is 0.152. The van der Waals surface area contributed by atoms with Gasteiger partial charge in [-0.3, -0.25) is 4.57 Å². The molecule has 0 aromatic rings. The zero-order valence-electron chi connectivity index (χ0n) is 8.91. The van der Waals surface area contributed by atoms with Gasteiger partial charge in [-0.05, 0) is 14.2 Å². The van der Waals surface area contributed by atoms with Gasteiger partial charge < -0.3 is 23.1 Å². The topological polar surface area (TPSA) is 85.2 Å². The molecular formula is C6H16O6P2Si. The lowest BCUT2D eigenvalue weighted by atomic mass is 10.6. The van der Waals surface area contributed by atoms with Crippen LogP contribution in [0.2, 0.25) is 0 Å². The Balaban J connectivity index is 4.19. The summed E-state index contributed by atoms with van der Waals surface area (Å²) in [5, 5.41) is 0. The Bertz CT molecular complexity index is 240. The average Bonchev–Trinajstić information content (AvgIpc) is 2.18. The lowest BCUT2D eigenvalue weighted by Gasteiger charge is -2.19. The molecule has 90 valence electrons. The molecule has 0 bridgehead atoms. The molecule has 0 spiro atoms. The van der Waals surface area contributed by atoms with Crippen molar-refractivity contribution in [2.45, 2.75) is 6.42 Å². The van der Waals surface area contributed by atoms with Gasteiger partial charge in [0.1, 0.15) is 0 Å². The second-order valence-electron chi connectivity index (χ2n) is 2.62. The van der Waals surface area contributed by atoms with Crippen LogP contribution in [0.15, 0.2) is 0 Å². The molecule has 0 aromatic heterocycles. The quantitative estimate of drug-likeness (QED) is 0.524. The minimum Gasteiger partial charge on any atom is -0.370 e. The fourth-order valence-corrected chi connectivity index (χ4v) is 4.78. The van der Waals surface area contributed by atoms with Gasteiger partial charge in [-0.15, -0.1) is 0 Å². The SMILES string of the molecule is CO[Si](OC)(OC)P=CCCP(=O)(O)O. The van der Waals surface area contributed by atoms with E-state index in [4.69, 9.17) is 23.1 Å². The minimum atomic E-state index is -3.92. The molecule has 2 N–H and O–H groups in total. The van der Waals surface area contributed by atoms with Crippen LogP contribution in [0.25, 0.3) is 0 Å². The van der Waals surface area contributed by atoms with Crippen molar-refractivity contribution in [3.05, 3.63) is 0 Å². The predicted octanol–water partition coefficient (Wildman–Crippen LogP) is 0.677. The van der Waals surface area contributed by atoms with Crippen LogP contribution >= 0.6 is 15.3 Å². The van der Waals surface area contributed by atoms with Gasteiger partial charge in [0.15, 0.2) is 0 Å². The molecule has 0 fully saturated rings. The van der Waals surface area contributed by atoms with Gasteiger partial charge in [0.2, 0.25) is 0 Å². The highest BCUT2D eigenvalue weighted by molar-refractivity contribution is 7.76. The van der Waals surface area contributed by atoms with Crippen LogP contribution in [0, 0.1) is 0 Å². The van der Waals surface area contributed by atoms with E-state index in [0.717, 1.165) is 0 Å². The molecule has 0 atom stereocenters. The number of hydrogen-bond donors (Lipinski definition) is 2. The molecule has 0 aromatic carbocycles. The first-order valence-corrected chi connectivity index (χ1v) is 9.45. The third-order valence-electron chi connectivity index (χ3n) is 1.57. The highest BCUT2D eigenvalue weighted by Gasteiger charge is 2.35. The molecule has 0 heterocycles. The van der Waals surface area contributed by atoms with Crippen molar-refractivity contribution in [1.82, 2.24) is 0 Å². The van der Waals surface area contributed by atoms with Gasteiger partial charge >= 0.3 is 16.1 Å². The van der Waals surface area contributed by atoms with E-state index in [1.165, 1.54) is 21.3 Å². The summed E-state index contributed by atoms with van der Waals surface area (Å²) in [6.45, 7) is 0. The van der Waals surface area contributed by atoms with Crippen LogP contribution in [-0.2, 0) is 17.8 Å². The van der Waals surface area contributed by atoms with Crippen molar-refractivity contribution in [2.24, 2.45) is 0 Å². The highest BCUT2D eigenvalue weighted by Crippen LogP contribution is 2.34. The summed E-state index contributed by atoms with van der Waals surface area (Å²) in [4.78, 5) is 17.2. The van der Waals surface area contributed by atoms with Crippen LogP contribution in [0.1, 0.15) is 6.42 Å². The Hall–Kier alpha value is 0.417. The largest absolute Gasteiger partial charge is 0.558 e. The maximum Gasteiger partial charge on any atom is 0.558 e.